The van der Waals surface area contributed by atoms with Crippen LogP contribution in [-0.2, 0) is 5.41 Å². The molecule has 0 aliphatic rings. The van der Waals surface area contributed by atoms with Crippen LogP contribution in [0.25, 0.3) is 0 Å². The van der Waals surface area contributed by atoms with Gasteiger partial charge >= 0.3 is 0 Å². The number of rotatable bonds is 2. The Kier molecular flexibility index (Phi) is 4.03. The fourth-order valence-corrected chi connectivity index (χ4v) is 4.93. The second kappa shape index (κ2) is 5.04. The van der Waals surface area contributed by atoms with Crippen molar-refractivity contribution in [3.63, 3.8) is 0 Å². The van der Waals surface area contributed by atoms with Gasteiger partial charge in [0, 0.05) is 14.6 Å². The Balaban J connectivity index is 2.30. The highest BCUT2D eigenvalue weighted by molar-refractivity contribution is 9.09. The molecule has 4 heteroatoms. The molecular formula is C13H14BrClS2. The first-order valence-corrected chi connectivity index (χ1v) is 8.36. The lowest BCUT2D eigenvalue weighted by molar-refractivity contribution is 0.604. The van der Waals surface area contributed by atoms with Gasteiger partial charge in [-0.2, -0.15) is 0 Å². The van der Waals surface area contributed by atoms with Crippen LogP contribution in [0.5, 0.6) is 0 Å². The molecule has 2 aromatic heterocycles. The normalized spacial score (nSPS) is 13.9. The summed E-state index contributed by atoms with van der Waals surface area (Å²) in [5.41, 5.74) is 0.217. The predicted octanol–water partition coefficient (Wildman–Crippen LogP) is 6.24. The first kappa shape index (κ1) is 13.6. The van der Waals surface area contributed by atoms with Gasteiger partial charge in [0.1, 0.15) is 0 Å². The third-order valence-corrected chi connectivity index (χ3v) is 7.05. The Morgan fingerprint density at radius 1 is 1.24 bits per heavy atom. The van der Waals surface area contributed by atoms with Crippen molar-refractivity contribution in [2.45, 2.75) is 31.0 Å². The van der Waals surface area contributed by atoms with Crippen molar-refractivity contribution >= 4 is 50.2 Å². The highest BCUT2D eigenvalue weighted by Gasteiger charge is 2.21. The SMILES string of the molecule is CC(C)(C)c1ccc(C(Br)c2sccc2Cl)s1. The fourth-order valence-electron chi connectivity index (χ4n) is 1.51. The lowest BCUT2D eigenvalue weighted by Gasteiger charge is -2.15. The van der Waals surface area contributed by atoms with Gasteiger partial charge in [-0.05, 0) is 29.0 Å². The van der Waals surface area contributed by atoms with Gasteiger partial charge in [0.2, 0.25) is 0 Å². The summed E-state index contributed by atoms with van der Waals surface area (Å²) in [6.07, 6.45) is 0. The van der Waals surface area contributed by atoms with E-state index in [1.807, 2.05) is 22.8 Å². The summed E-state index contributed by atoms with van der Waals surface area (Å²) in [6.45, 7) is 6.72. The minimum atomic E-state index is 0.217. The molecule has 0 spiro atoms. The molecule has 0 fully saturated rings. The average molecular weight is 350 g/mol. The number of alkyl halides is 1. The van der Waals surface area contributed by atoms with Crippen molar-refractivity contribution in [2.75, 3.05) is 0 Å². The maximum atomic E-state index is 6.17. The third-order valence-electron chi connectivity index (χ3n) is 2.49. The molecule has 2 heterocycles. The van der Waals surface area contributed by atoms with Crippen molar-refractivity contribution in [3.05, 3.63) is 43.2 Å². The molecule has 1 unspecified atom stereocenters. The molecule has 0 bridgehead atoms. The second-order valence-electron chi connectivity index (χ2n) is 4.95. The molecule has 0 amide bonds. The van der Waals surface area contributed by atoms with Gasteiger partial charge in [-0.1, -0.05) is 48.3 Å². The number of hydrogen-bond acceptors (Lipinski definition) is 2. The Morgan fingerprint density at radius 3 is 2.41 bits per heavy atom. The van der Waals surface area contributed by atoms with Gasteiger partial charge in [-0.15, -0.1) is 22.7 Å². The molecule has 0 aromatic carbocycles. The molecule has 0 aliphatic carbocycles. The molecule has 17 heavy (non-hydrogen) atoms. The molecule has 0 saturated heterocycles. The molecule has 0 radical (unpaired) electrons. The first-order valence-electron chi connectivity index (χ1n) is 5.37. The van der Waals surface area contributed by atoms with E-state index in [9.17, 15) is 0 Å². The molecule has 2 aromatic rings. The first-order chi connectivity index (χ1) is 7.89. The number of hydrogen-bond donors (Lipinski definition) is 0. The molecule has 92 valence electrons. The Labute approximate surface area is 124 Å². The monoisotopic (exact) mass is 348 g/mol. The molecule has 2 rings (SSSR count). The van der Waals surface area contributed by atoms with Crippen molar-refractivity contribution < 1.29 is 0 Å². The molecule has 0 aliphatic heterocycles. The van der Waals surface area contributed by atoms with Crippen LogP contribution in [0.15, 0.2) is 23.6 Å². The summed E-state index contributed by atoms with van der Waals surface area (Å²) in [6, 6.07) is 6.37. The summed E-state index contributed by atoms with van der Waals surface area (Å²) >= 11 is 13.5. The molecule has 0 nitrogen and oxygen atoms in total. The summed E-state index contributed by atoms with van der Waals surface area (Å²) in [5.74, 6) is 0. The van der Waals surface area contributed by atoms with Crippen LogP contribution in [0.3, 0.4) is 0 Å². The zero-order valence-electron chi connectivity index (χ0n) is 9.96. The predicted molar refractivity (Wildman–Crippen MR) is 83.1 cm³/mol. The molecular weight excluding hydrogens is 336 g/mol. The lowest BCUT2D eigenvalue weighted by atomic mass is 9.95. The van der Waals surface area contributed by atoms with Crippen LogP contribution in [0.4, 0.5) is 0 Å². The van der Waals surface area contributed by atoms with E-state index in [0.717, 1.165) is 5.02 Å². The van der Waals surface area contributed by atoms with Crippen molar-refractivity contribution in [1.29, 1.82) is 0 Å². The minimum Gasteiger partial charge on any atom is -0.146 e. The fraction of sp³-hybridized carbons (Fsp3) is 0.385. The van der Waals surface area contributed by atoms with E-state index >= 15 is 0 Å². The zero-order valence-corrected chi connectivity index (χ0v) is 13.9. The van der Waals surface area contributed by atoms with Gasteiger partial charge in [0.25, 0.3) is 0 Å². The summed E-state index contributed by atoms with van der Waals surface area (Å²) in [4.78, 5) is 4.13. The van der Waals surface area contributed by atoms with E-state index < -0.39 is 0 Å². The maximum absolute atomic E-state index is 6.17. The van der Waals surface area contributed by atoms with Crippen LogP contribution < -0.4 is 0 Å². The number of halogens is 2. The lowest BCUT2D eigenvalue weighted by Crippen LogP contribution is -2.07. The van der Waals surface area contributed by atoms with Crippen LogP contribution in [0.1, 0.15) is 40.2 Å². The van der Waals surface area contributed by atoms with Crippen molar-refractivity contribution in [1.82, 2.24) is 0 Å². The van der Waals surface area contributed by atoms with E-state index in [1.165, 1.54) is 14.6 Å². The smallest absolute Gasteiger partial charge is 0.0845 e. The van der Waals surface area contributed by atoms with E-state index in [1.54, 1.807) is 11.3 Å². The highest BCUT2D eigenvalue weighted by atomic mass is 79.9. The van der Waals surface area contributed by atoms with Gasteiger partial charge in [-0.3, -0.25) is 0 Å². The molecule has 0 saturated carbocycles. The van der Waals surface area contributed by atoms with Crippen LogP contribution >= 0.6 is 50.2 Å². The van der Waals surface area contributed by atoms with Crippen molar-refractivity contribution in [2.24, 2.45) is 0 Å². The minimum absolute atomic E-state index is 0.217. The van der Waals surface area contributed by atoms with E-state index in [2.05, 4.69) is 48.8 Å². The Bertz CT molecular complexity index is 507. The number of thiophene rings is 2. The average Bonchev–Trinajstić information content (AvgIpc) is 2.83. The largest absolute Gasteiger partial charge is 0.146 e. The second-order valence-corrected chi connectivity index (χ2v) is 8.33. The third kappa shape index (κ3) is 2.95. The highest BCUT2D eigenvalue weighted by Crippen LogP contribution is 2.43. The van der Waals surface area contributed by atoms with E-state index in [-0.39, 0.29) is 10.2 Å². The van der Waals surface area contributed by atoms with Gasteiger partial charge in [0.05, 0.1) is 9.85 Å². The van der Waals surface area contributed by atoms with E-state index in [0.29, 0.717) is 0 Å². The van der Waals surface area contributed by atoms with Gasteiger partial charge in [0.15, 0.2) is 0 Å². The summed E-state index contributed by atoms with van der Waals surface area (Å²) < 4.78 is 0. The van der Waals surface area contributed by atoms with Crippen molar-refractivity contribution in [3.8, 4) is 0 Å². The summed E-state index contributed by atoms with van der Waals surface area (Å²) in [5, 5.41) is 2.88. The van der Waals surface area contributed by atoms with Crippen LogP contribution in [0.2, 0.25) is 5.02 Å². The topological polar surface area (TPSA) is 0 Å². The van der Waals surface area contributed by atoms with Crippen LogP contribution in [0, 0.1) is 0 Å². The zero-order chi connectivity index (χ0) is 12.6. The molecule has 0 N–H and O–H groups in total. The molecule has 1 atom stereocenters. The van der Waals surface area contributed by atoms with Gasteiger partial charge in [-0.25, -0.2) is 0 Å². The van der Waals surface area contributed by atoms with Gasteiger partial charge < -0.3 is 0 Å². The quantitative estimate of drug-likeness (QED) is 0.562. The maximum Gasteiger partial charge on any atom is 0.0845 e. The Hall–Kier alpha value is 0.170. The standard InChI is InChI=1S/C13H14BrClS2/c1-13(2,3)10-5-4-9(17-10)11(14)12-8(15)6-7-16-12/h4-7,11H,1-3H3. The summed E-state index contributed by atoms with van der Waals surface area (Å²) in [7, 11) is 0. The Morgan fingerprint density at radius 2 is 1.94 bits per heavy atom. The van der Waals surface area contributed by atoms with E-state index in [4.69, 9.17) is 11.6 Å². The van der Waals surface area contributed by atoms with Crippen LogP contribution in [-0.4, -0.2) is 0 Å².